The third kappa shape index (κ3) is 4.17. The molecule has 5 heteroatoms. The minimum absolute atomic E-state index is 0.0373. The third-order valence-corrected chi connectivity index (χ3v) is 4.88. The SMILES string of the molecule is CC(=O)Nc1cccc2c1CCN(C(=S)N[C@H](C)c1ccccc1)C2. The summed E-state index contributed by atoms with van der Waals surface area (Å²) in [5, 5.41) is 7.13. The van der Waals surface area contributed by atoms with E-state index in [2.05, 4.69) is 40.7 Å². The van der Waals surface area contributed by atoms with Crippen molar-refractivity contribution in [3.05, 3.63) is 65.2 Å². The van der Waals surface area contributed by atoms with Gasteiger partial charge in [0, 0.05) is 25.7 Å². The van der Waals surface area contributed by atoms with Gasteiger partial charge in [0.2, 0.25) is 5.91 Å². The number of carbonyl (C=O) groups excluding carboxylic acids is 1. The van der Waals surface area contributed by atoms with Crippen LogP contribution in [0.25, 0.3) is 0 Å². The average molecular weight is 353 g/mol. The fourth-order valence-electron chi connectivity index (χ4n) is 3.19. The Morgan fingerprint density at radius 3 is 2.64 bits per heavy atom. The lowest BCUT2D eigenvalue weighted by atomic mass is 9.98. The summed E-state index contributed by atoms with van der Waals surface area (Å²) in [7, 11) is 0. The molecular weight excluding hydrogens is 330 g/mol. The summed E-state index contributed by atoms with van der Waals surface area (Å²) in [6.07, 6.45) is 0.868. The lowest BCUT2D eigenvalue weighted by Crippen LogP contribution is -2.43. The number of carbonyl (C=O) groups is 1. The fourth-order valence-corrected chi connectivity index (χ4v) is 3.52. The first-order valence-electron chi connectivity index (χ1n) is 8.53. The van der Waals surface area contributed by atoms with Crippen LogP contribution < -0.4 is 10.6 Å². The largest absolute Gasteiger partial charge is 0.356 e. The second-order valence-corrected chi connectivity index (χ2v) is 6.76. The maximum atomic E-state index is 11.4. The number of amides is 1. The second kappa shape index (κ2) is 7.66. The van der Waals surface area contributed by atoms with Gasteiger partial charge in [-0.15, -0.1) is 0 Å². The first kappa shape index (κ1) is 17.4. The highest BCUT2D eigenvalue weighted by Crippen LogP contribution is 2.26. The lowest BCUT2D eigenvalue weighted by Gasteiger charge is -2.33. The molecule has 1 aliphatic heterocycles. The molecule has 1 heterocycles. The fraction of sp³-hybridized carbons (Fsp3) is 0.300. The quantitative estimate of drug-likeness (QED) is 0.827. The first-order chi connectivity index (χ1) is 12.0. The van der Waals surface area contributed by atoms with Crippen LogP contribution in [-0.4, -0.2) is 22.5 Å². The molecular formula is C20H23N3OS. The van der Waals surface area contributed by atoms with Crippen LogP contribution >= 0.6 is 12.2 Å². The van der Waals surface area contributed by atoms with E-state index in [-0.39, 0.29) is 11.9 Å². The molecule has 0 radical (unpaired) electrons. The van der Waals surface area contributed by atoms with E-state index >= 15 is 0 Å². The molecule has 2 aromatic carbocycles. The average Bonchev–Trinajstić information content (AvgIpc) is 2.61. The van der Waals surface area contributed by atoms with Crippen molar-refractivity contribution in [3.63, 3.8) is 0 Å². The Hall–Kier alpha value is -2.40. The Labute approximate surface area is 154 Å². The van der Waals surface area contributed by atoms with Gasteiger partial charge in [-0.25, -0.2) is 0 Å². The second-order valence-electron chi connectivity index (χ2n) is 6.38. The van der Waals surface area contributed by atoms with Gasteiger partial charge < -0.3 is 15.5 Å². The van der Waals surface area contributed by atoms with Crippen molar-refractivity contribution in [3.8, 4) is 0 Å². The van der Waals surface area contributed by atoms with Crippen molar-refractivity contribution in [1.82, 2.24) is 10.2 Å². The molecule has 0 spiro atoms. The zero-order chi connectivity index (χ0) is 17.8. The monoisotopic (exact) mass is 353 g/mol. The van der Waals surface area contributed by atoms with Gasteiger partial charge in [-0.2, -0.15) is 0 Å². The number of nitrogens with zero attached hydrogens (tertiary/aromatic N) is 1. The number of hydrogen-bond donors (Lipinski definition) is 2. The van der Waals surface area contributed by atoms with E-state index in [1.807, 2.05) is 30.3 Å². The van der Waals surface area contributed by atoms with E-state index in [9.17, 15) is 4.79 Å². The number of nitrogens with one attached hydrogen (secondary N) is 2. The van der Waals surface area contributed by atoms with Gasteiger partial charge in [0.25, 0.3) is 0 Å². The van der Waals surface area contributed by atoms with Crippen molar-refractivity contribution < 1.29 is 4.79 Å². The van der Waals surface area contributed by atoms with Gasteiger partial charge in [-0.1, -0.05) is 42.5 Å². The summed E-state index contributed by atoms with van der Waals surface area (Å²) in [5.74, 6) is -0.0373. The van der Waals surface area contributed by atoms with Gasteiger partial charge in [0.15, 0.2) is 5.11 Å². The van der Waals surface area contributed by atoms with E-state index in [0.29, 0.717) is 0 Å². The van der Waals surface area contributed by atoms with Crippen LogP contribution in [0.2, 0.25) is 0 Å². The van der Waals surface area contributed by atoms with Gasteiger partial charge in [-0.05, 0) is 48.3 Å². The smallest absolute Gasteiger partial charge is 0.221 e. The van der Waals surface area contributed by atoms with E-state index in [1.165, 1.54) is 16.7 Å². The Bertz CT molecular complexity index is 776. The predicted molar refractivity (Wildman–Crippen MR) is 105 cm³/mol. The van der Waals surface area contributed by atoms with E-state index in [1.54, 1.807) is 6.92 Å². The summed E-state index contributed by atoms with van der Waals surface area (Å²) in [4.78, 5) is 13.6. The van der Waals surface area contributed by atoms with E-state index in [0.717, 1.165) is 30.3 Å². The maximum absolute atomic E-state index is 11.4. The molecule has 0 fully saturated rings. The summed E-state index contributed by atoms with van der Waals surface area (Å²) >= 11 is 5.63. The summed E-state index contributed by atoms with van der Waals surface area (Å²) in [6, 6.07) is 16.5. The number of thiocarbonyl (C=S) groups is 1. The number of fused-ring (bicyclic) bond motifs is 1. The summed E-state index contributed by atoms with van der Waals surface area (Å²) in [6.45, 7) is 5.26. The number of anilines is 1. The minimum atomic E-state index is -0.0373. The molecule has 0 bridgehead atoms. The Kier molecular flexibility index (Phi) is 5.34. The van der Waals surface area contributed by atoms with Crippen LogP contribution in [0.3, 0.4) is 0 Å². The van der Waals surface area contributed by atoms with Gasteiger partial charge in [-0.3, -0.25) is 4.79 Å². The van der Waals surface area contributed by atoms with Crippen LogP contribution in [-0.2, 0) is 17.8 Å². The highest BCUT2D eigenvalue weighted by atomic mass is 32.1. The topological polar surface area (TPSA) is 44.4 Å². The molecule has 4 nitrogen and oxygen atoms in total. The molecule has 0 aliphatic carbocycles. The lowest BCUT2D eigenvalue weighted by molar-refractivity contribution is -0.114. The highest BCUT2D eigenvalue weighted by Gasteiger charge is 2.21. The molecule has 0 aromatic heterocycles. The molecule has 0 saturated heterocycles. The molecule has 2 N–H and O–H groups in total. The van der Waals surface area contributed by atoms with Crippen molar-refractivity contribution in [1.29, 1.82) is 0 Å². The molecule has 0 unspecified atom stereocenters. The van der Waals surface area contributed by atoms with Crippen LogP contribution in [0.15, 0.2) is 48.5 Å². The molecule has 1 aliphatic rings. The first-order valence-corrected chi connectivity index (χ1v) is 8.94. The molecule has 0 saturated carbocycles. The van der Waals surface area contributed by atoms with Crippen LogP contribution in [0.1, 0.15) is 36.6 Å². The molecule has 3 rings (SSSR count). The van der Waals surface area contributed by atoms with Crippen LogP contribution in [0, 0.1) is 0 Å². The standard InChI is InChI=1S/C20H23N3OS/c1-14(16-7-4-3-5-8-16)21-20(25)23-12-11-18-17(13-23)9-6-10-19(18)22-15(2)24/h3-10,14H,11-13H2,1-2H3,(H,21,25)(H,22,24)/t14-/m1/s1. The summed E-state index contributed by atoms with van der Waals surface area (Å²) < 4.78 is 0. The Morgan fingerprint density at radius 2 is 1.92 bits per heavy atom. The number of rotatable bonds is 3. The molecule has 1 amide bonds. The molecule has 1 atom stereocenters. The summed E-state index contributed by atoms with van der Waals surface area (Å²) in [5.41, 5.74) is 4.57. The van der Waals surface area contributed by atoms with Crippen molar-refractivity contribution in [2.24, 2.45) is 0 Å². The van der Waals surface area contributed by atoms with E-state index < -0.39 is 0 Å². The van der Waals surface area contributed by atoms with Crippen molar-refractivity contribution in [2.45, 2.75) is 32.9 Å². The highest BCUT2D eigenvalue weighted by molar-refractivity contribution is 7.80. The van der Waals surface area contributed by atoms with E-state index in [4.69, 9.17) is 12.2 Å². The van der Waals surface area contributed by atoms with Crippen molar-refractivity contribution >= 4 is 28.9 Å². The third-order valence-electron chi connectivity index (χ3n) is 4.50. The Balaban J connectivity index is 1.68. The predicted octanol–water partition coefficient (Wildman–Crippen LogP) is 3.64. The van der Waals surface area contributed by atoms with Crippen molar-refractivity contribution in [2.75, 3.05) is 11.9 Å². The maximum Gasteiger partial charge on any atom is 0.221 e. The van der Waals surface area contributed by atoms with Crippen LogP contribution in [0.4, 0.5) is 5.69 Å². The normalized spacial score (nSPS) is 14.4. The van der Waals surface area contributed by atoms with Gasteiger partial charge in [0.1, 0.15) is 0 Å². The molecule has 2 aromatic rings. The minimum Gasteiger partial charge on any atom is -0.356 e. The zero-order valence-electron chi connectivity index (χ0n) is 14.6. The van der Waals surface area contributed by atoms with Gasteiger partial charge >= 0.3 is 0 Å². The number of benzene rings is 2. The molecule has 130 valence electrons. The Morgan fingerprint density at radius 1 is 1.16 bits per heavy atom. The number of hydrogen-bond acceptors (Lipinski definition) is 2. The van der Waals surface area contributed by atoms with Crippen LogP contribution in [0.5, 0.6) is 0 Å². The van der Waals surface area contributed by atoms with Gasteiger partial charge in [0.05, 0.1) is 6.04 Å². The molecule has 25 heavy (non-hydrogen) atoms. The zero-order valence-corrected chi connectivity index (χ0v) is 15.4.